The highest BCUT2D eigenvalue weighted by Crippen LogP contribution is 2.41. The van der Waals surface area contributed by atoms with Gasteiger partial charge in [-0.3, -0.25) is 9.59 Å². The number of hydrogen-bond acceptors (Lipinski definition) is 6. The molecular weight excluding hydrogens is 400 g/mol. The molecule has 1 aromatic carbocycles. The van der Waals surface area contributed by atoms with Crippen molar-refractivity contribution in [1.82, 2.24) is 20.4 Å². The first kappa shape index (κ1) is 19.1. The maximum absolute atomic E-state index is 13.5. The minimum absolute atomic E-state index is 0.132. The molecule has 30 heavy (non-hydrogen) atoms. The normalized spacial score (nSPS) is 18.7. The number of thioether (sulfide) groups is 1. The monoisotopic (exact) mass is 422 g/mol. The third-order valence-electron chi connectivity index (χ3n) is 5.62. The van der Waals surface area contributed by atoms with Gasteiger partial charge in [0.05, 0.1) is 22.5 Å². The first-order valence-electron chi connectivity index (χ1n) is 10.1. The molecule has 3 heterocycles. The van der Waals surface area contributed by atoms with E-state index in [-0.39, 0.29) is 11.8 Å². The van der Waals surface area contributed by atoms with E-state index in [2.05, 4.69) is 15.5 Å². The Morgan fingerprint density at radius 2 is 2.07 bits per heavy atom. The number of amides is 2. The molecule has 154 valence electrons. The van der Waals surface area contributed by atoms with Gasteiger partial charge in [-0.1, -0.05) is 35.5 Å². The number of fused-ring (bicyclic) bond motifs is 1. The van der Waals surface area contributed by atoms with E-state index in [1.165, 1.54) is 0 Å². The van der Waals surface area contributed by atoms with E-state index in [4.69, 9.17) is 4.52 Å². The van der Waals surface area contributed by atoms with Crippen LogP contribution in [0.1, 0.15) is 46.1 Å². The average Bonchev–Trinajstić information content (AvgIpc) is 3.39. The predicted molar refractivity (Wildman–Crippen MR) is 114 cm³/mol. The van der Waals surface area contributed by atoms with Crippen LogP contribution in [0.15, 0.2) is 40.9 Å². The fourth-order valence-corrected chi connectivity index (χ4v) is 4.94. The van der Waals surface area contributed by atoms with Crippen molar-refractivity contribution in [3.8, 4) is 0 Å². The average molecular weight is 423 g/mol. The minimum Gasteiger partial charge on any atom is -0.350 e. The van der Waals surface area contributed by atoms with E-state index < -0.39 is 6.04 Å². The Kier molecular flexibility index (Phi) is 4.94. The molecule has 1 atom stereocenters. The van der Waals surface area contributed by atoms with Gasteiger partial charge < -0.3 is 14.7 Å². The lowest BCUT2D eigenvalue weighted by Gasteiger charge is -2.23. The fourth-order valence-electron chi connectivity index (χ4n) is 3.79. The van der Waals surface area contributed by atoms with Crippen LogP contribution in [0.4, 0.5) is 0 Å². The van der Waals surface area contributed by atoms with Crippen molar-refractivity contribution >= 4 is 34.7 Å². The van der Waals surface area contributed by atoms with Crippen molar-refractivity contribution in [3.63, 3.8) is 0 Å². The van der Waals surface area contributed by atoms with Crippen molar-refractivity contribution in [2.45, 2.75) is 38.3 Å². The molecule has 5 rings (SSSR count). The molecule has 0 spiro atoms. The maximum Gasteiger partial charge on any atom is 0.259 e. The summed E-state index contributed by atoms with van der Waals surface area (Å²) in [6, 6.07) is 11.1. The largest absolute Gasteiger partial charge is 0.350 e. The van der Waals surface area contributed by atoms with Gasteiger partial charge in [0.1, 0.15) is 6.04 Å². The number of benzene rings is 1. The van der Waals surface area contributed by atoms with Crippen LogP contribution < -0.4 is 5.32 Å². The van der Waals surface area contributed by atoms with Crippen LogP contribution in [0, 0.1) is 6.92 Å². The van der Waals surface area contributed by atoms with Gasteiger partial charge in [0.2, 0.25) is 5.91 Å². The molecule has 1 N–H and O–H groups in total. The predicted octanol–water partition coefficient (Wildman–Crippen LogP) is 3.24. The summed E-state index contributed by atoms with van der Waals surface area (Å²) in [7, 11) is 0. The number of carbonyl (C=O) groups is 2. The zero-order chi connectivity index (χ0) is 20.7. The molecular formula is C22H22N4O3S. The number of aryl methyl sites for hydroxylation is 1. The lowest BCUT2D eigenvalue weighted by Crippen LogP contribution is -2.47. The van der Waals surface area contributed by atoms with E-state index in [0.29, 0.717) is 46.4 Å². The smallest absolute Gasteiger partial charge is 0.259 e. The fraction of sp³-hybridized carbons (Fsp3) is 0.364. The molecule has 2 fully saturated rings. The molecule has 1 aliphatic carbocycles. The number of aromatic nitrogens is 2. The van der Waals surface area contributed by atoms with Crippen LogP contribution in [-0.4, -0.2) is 44.5 Å². The molecule has 1 unspecified atom stereocenters. The number of hydrogen-bond donors (Lipinski definition) is 1. The van der Waals surface area contributed by atoms with Gasteiger partial charge in [0.25, 0.3) is 11.6 Å². The Hall–Kier alpha value is -2.87. The molecule has 2 aromatic heterocycles. The maximum atomic E-state index is 13.5. The van der Waals surface area contributed by atoms with Gasteiger partial charge in [-0.15, -0.1) is 11.8 Å². The summed E-state index contributed by atoms with van der Waals surface area (Å²) in [6.07, 6.45) is 2.15. The highest BCUT2D eigenvalue weighted by Gasteiger charge is 2.37. The minimum atomic E-state index is -0.501. The number of pyridine rings is 1. The lowest BCUT2D eigenvalue weighted by atomic mass is 10.1. The van der Waals surface area contributed by atoms with Crippen LogP contribution in [0.3, 0.4) is 0 Å². The zero-order valence-electron chi connectivity index (χ0n) is 16.6. The van der Waals surface area contributed by atoms with E-state index in [9.17, 15) is 9.59 Å². The van der Waals surface area contributed by atoms with Crippen LogP contribution in [0.25, 0.3) is 11.1 Å². The molecule has 7 nitrogen and oxygen atoms in total. The molecule has 3 aromatic rings. The summed E-state index contributed by atoms with van der Waals surface area (Å²) in [5.74, 6) is 1.14. The number of nitrogens with zero attached hydrogens (tertiary/aromatic N) is 3. The molecule has 1 saturated heterocycles. The van der Waals surface area contributed by atoms with Crippen molar-refractivity contribution < 1.29 is 14.1 Å². The second-order valence-electron chi connectivity index (χ2n) is 7.81. The van der Waals surface area contributed by atoms with Crippen LogP contribution >= 0.6 is 11.8 Å². The Labute approximate surface area is 178 Å². The summed E-state index contributed by atoms with van der Waals surface area (Å²) in [5.41, 5.74) is 3.47. The van der Waals surface area contributed by atoms with Gasteiger partial charge in [0, 0.05) is 23.9 Å². The third-order valence-corrected chi connectivity index (χ3v) is 6.63. The van der Waals surface area contributed by atoms with E-state index >= 15 is 0 Å². The molecule has 8 heteroatoms. The van der Waals surface area contributed by atoms with Gasteiger partial charge in [0.15, 0.2) is 0 Å². The molecule has 0 radical (unpaired) electrons. The topological polar surface area (TPSA) is 88.3 Å². The number of rotatable bonds is 5. The first-order valence-corrected chi connectivity index (χ1v) is 11.2. The number of carbonyl (C=O) groups excluding carboxylic acids is 2. The van der Waals surface area contributed by atoms with Crippen LogP contribution in [-0.2, 0) is 11.3 Å². The van der Waals surface area contributed by atoms with Crippen LogP contribution in [0.2, 0.25) is 0 Å². The summed E-state index contributed by atoms with van der Waals surface area (Å²) in [6.45, 7) is 2.25. The number of nitrogens with one attached hydrogen (secondary N) is 1. The lowest BCUT2D eigenvalue weighted by molar-refractivity contribution is -0.124. The Balaban J connectivity index is 1.40. The second kappa shape index (κ2) is 7.75. The Morgan fingerprint density at radius 1 is 1.27 bits per heavy atom. The molecule has 0 bridgehead atoms. The summed E-state index contributed by atoms with van der Waals surface area (Å²) >= 11 is 1.59. The van der Waals surface area contributed by atoms with E-state index in [0.717, 1.165) is 24.1 Å². The van der Waals surface area contributed by atoms with Gasteiger partial charge in [-0.2, -0.15) is 0 Å². The highest BCUT2D eigenvalue weighted by molar-refractivity contribution is 7.99. The first-order chi connectivity index (χ1) is 14.6. The second-order valence-corrected chi connectivity index (χ2v) is 8.81. The van der Waals surface area contributed by atoms with Crippen molar-refractivity contribution in [2.24, 2.45) is 0 Å². The molecule has 2 amide bonds. The van der Waals surface area contributed by atoms with E-state index in [1.807, 2.05) is 43.3 Å². The highest BCUT2D eigenvalue weighted by atomic mass is 32.2. The van der Waals surface area contributed by atoms with Crippen molar-refractivity contribution in [1.29, 1.82) is 0 Å². The van der Waals surface area contributed by atoms with Crippen LogP contribution in [0.5, 0.6) is 0 Å². The molecule has 1 saturated carbocycles. The summed E-state index contributed by atoms with van der Waals surface area (Å²) in [4.78, 5) is 32.6. The molecule has 1 aliphatic heterocycles. The Morgan fingerprint density at radius 3 is 2.83 bits per heavy atom. The van der Waals surface area contributed by atoms with Crippen molar-refractivity contribution in [2.75, 3.05) is 11.6 Å². The third kappa shape index (κ3) is 3.56. The zero-order valence-corrected chi connectivity index (χ0v) is 17.4. The van der Waals surface area contributed by atoms with Crippen molar-refractivity contribution in [3.05, 3.63) is 58.9 Å². The molecule has 2 aliphatic rings. The Bertz CT molecular complexity index is 1110. The van der Waals surface area contributed by atoms with E-state index in [1.54, 1.807) is 16.7 Å². The quantitative estimate of drug-likeness (QED) is 0.679. The van der Waals surface area contributed by atoms with Gasteiger partial charge in [-0.25, -0.2) is 4.98 Å². The standard InChI is InChI=1S/C22H22N4O3S/c1-13-19-16(9-17(15-7-8-15)24-21(19)29-25-13)22(28)26-12-30-11-18(26)20(27)23-10-14-5-3-2-4-6-14/h2-6,9,15,18H,7-8,10-12H2,1H3,(H,23,27). The van der Waals surface area contributed by atoms with Gasteiger partial charge in [-0.05, 0) is 31.4 Å². The summed E-state index contributed by atoms with van der Waals surface area (Å²) in [5, 5.41) is 7.62. The summed E-state index contributed by atoms with van der Waals surface area (Å²) < 4.78 is 5.37. The van der Waals surface area contributed by atoms with Gasteiger partial charge >= 0.3 is 0 Å². The SMILES string of the molecule is Cc1noc2nc(C3CC3)cc(C(=O)N3CSCC3C(=O)NCc3ccccc3)c12.